The third-order valence-electron chi connectivity index (χ3n) is 5.20. The van der Waals surface area contributed by atoms with Crippen LogP contribution >= 0.6 is 0 Å². The van der Waals surface area contributed by atoms with E-state index in [0.717, 1.165) is 25.9 Å². The lowest BCUT2D eigenvalue weighted by Crippen LogP contribution is -2.24. The second-order valence-corrected chi connectivity index (χ2v) is 7.37. The Balaban J connectivity index is 2.31. The largest absolute Gasteiger partial charge is 0.466 e. The summed E-state index contributed by atoms with van der Waals surface area (Å²) in [5, 5.41) is 3.52. The third kappa shape index (κ3) is 11.9. The maximum Gasteiger partial charge on any atom is 0.308 e. The first kappa shape index (κ1) is 21.5. The van der Waals surface area contributed by atoms with Gasteiger partial charge in [-0.05, 0) is 39.3 Å². The first-order valence-electron chi connectivity index (χ1n) is 10.7. The van der Waals surface area contributed by atoms with E-state index in [-0.39, 0.29) is 11.9 Å². The molecule has 0 aromatic heterocycles. The van der Waals surface area contributed by atoms with Crippen LogP contribution in [-0.4, -0.2) is 25.7 Å². The van der Waals surface area contributed by atoms with Crippen LogP contribution in [0.1, 0.15) is 103 Å². The molecule has 0 amide bonds. The molecule has 1 atom stereocenters. The van der Waals surface area contributed by atoms with E-state index in [1.807, 2.05) is 6.92 Å². The molecule has 24 heavy (non-hydrogen) atoms. The number of hydrogen-bond donors (Lipinski definition) is 1. The molecule has 1 aliphatic heterocycles. The predicted octanol–water partition coefficient (Wildman–Crippen LogP) is 5.62. The maximum atomic E-state index is 12.1. The van der Waals surface area contributed by atoms with Crippen molar-refractivity contribution in [3.05, 3.63) is 0 Å². The highest BCUT2D eigenvalue weighted by molar-refractivity contribution is 5.72. The Hall–Kier alpha value is -0.570. The maximum absolute atomic E-state index is 12.1. The highest BCUT2D eigenvalue weighted by atomic mass is 16.5. The van der Waals surface area contributed by atoms with E-state index in [1.165, 1.54) is 83.5 Å². The van der Waals surface area contributed by atoms with Crippen LogP contribution in [0.5, 0.6) is 0 Å². The van der Waals surface area contributed by atoms with Gasteiger partial charge in [0.05, 0.1) is 12.5 Å². The summed E-state index contributed by atoms with van der Waals surface area (Å²) in [6, 6.07) is 0. The van der Waals surface area contributed by atoms with E-state index in [4.69, 9.17) is 4.74 Å². The first-order chi connectivity index (χ1) is 11.8. The molecule has 1 fully saturated rings. The Labute approximate surface area is 150 Å². The number of hydrogen-bond acceptors (Lipinski definition) is 3. The molecule has 0 spiro atoms. The molecule has 3 heteroatoms. The Morgan fingerprint density at radius 2 is 1.25 bits per heavy atom. The van der Waals surface area contributed by atoms with Crippen molar-refractivity contribution in [1.29, 1.82) is 0 Å². The van der Waals surface area contributed by atoms with E-state index in [1.54, 1.807) is 0 Å². The highest BCUT2D eigenvalue weighted by Crippen LogP contribution is 2.18. The summed E-state index contributed by atoms with van der Waals surface area (Å²) in [6.45, 7) is 4.45. The zero-order chi connectivity index (χ0) is 17.3. The lowest BCUT2D eigenvalue weighted by Gasteiger charge is -2.16. The smallest absolute Gasteiger partial charge is 0.308 e. The molecular formula is C21H41NO2. The van der Waals surface area contributed by atoms with Gasteiger partial charge in [-0.1, -0.05) is 77.0 Å². The van der Waals surface area contributed by atoms with Crippen LogP contribution < -0.4 is 5.32 Å². The molecule has 0 aromatic carbocycles. The van der Waals surface area contributed by atoms with Gasteiger partial charge in [-0.2, -0.15) is 0 Å². The molecule has 1 N–H and O–H groups in total. The lowest BCUT2D eigenvalue weighted by molar-refractivity contribution is -0.148. The second-order valence-electron chi connectivity index (χ2n) is 7.37. The van der Waals surface area contributed by atoms with Crippen molar-refractivity contribution >= 4 is 5.97 Å². The minimum absolute atomic E-state index is 0.0187. The fraction of sp³-hybridized carbons (Fsp3) is 0.952. The average Bonchev–Trinajstić information content (AvgIpc) is 2.58. The number of carbonyl (C=O) groups is 1. The van der Waals surface area contributed by atoms with E-state index >= 15 is 0 Å². The van der Waals surface area contributed by atoms with Crippen LogP contribution in [0.4, 0.5) is 0 Å². The molecule has 1 aliphatic rings. The van der Waals surface area contributed by atoms with Gasteiger partial charge in [0.2, 0.25) is 0 Å². The molecular weight excluding hydrogens is 298 g/mol. The fourth-order valence-electron chi connectivity index (χ4n) is 3.63. The Bertz CT molecular complexity index is 274. The van der Waals surface area contributed by atoms with E-state index < -0.39 is 0 Å². The second kappa shape index (κ2) is 15.9. The molecule has 1 rings (SSSR count). The molecule has 0 aliphatic carbocycles. The van der Waals surface area contributed by atoms with E-state index in [9.17, 15) is 4.79 Å². The zero-order valence-corrected chi connectivity index (χ0v) is 16.1. The molecule has 1 saturated heterocycles. The van der Waals surface area contributed by atoms with Gasteiger partial charge in [0, 0.05) is 0 Å². The van der Waals surface area contributed by atoms with Crippen molar-refractivity contribution < 1.29 is 9.53 Å². The molecule has 142 valence electrons. The first-order valence-corrected chi connectivity index (χ1v) is 10.7. The summed E-state index contributed by atoms with van der Waals surface area (Å²) in [5.41, 5.74) is 0. The Morgan fingerprint density at radius 1 is 0.750 bits per heavy atom. The average molecular weight is 340 g/mol. The number of esters is 1. The van der Waals surface area contributed by atoms with Crippen molar-refractivity contribution in [2.45, 2.75) is 103 Å². The van der Waals surface area contributed by atoms with E-state index in [2.05, 4.69) is 5.32 Å². The molecule has 1 heterocycles. The van der Waals surface area contributed by atoms with Gasteiger partial charge in [0.25, 0.3) is 0 Å². The van der Waals surface area contributed by atoms with Gasteiger partial charge in [0.15, 0.2) is 0 Å². The topological polar surface area (TPSA) is 38.3 Å². The van der Waals surface area contributed by atoms with Crippen LogP contribution in [-0.2, 0) is 9.53 Å². The van der Waals surface area contributed by atoms with Crippen molar-refractivity contribution in [1.82, 2.24) is 5.32 Å². The van der Waals surface area contributed by atoms with Crippen LogP contribution in [0.25, 0.3) is 0 Å². The lowest BCUT2D eigenvalue weighted by atomic mass is 9.97. The number of ether oxygens (including phenoxy) is 1. The van der Waals surface area contributed by atoms with Crippen molar-refractivity contribution in [2.75, 3.05) is 19.7 Å². The standard InChI is InChI=1S/C21H41NO2/c1-2-24-21(23)20-16-14-12-10-8-6-4-3-5-7-9-11-13-15-18-22-19-17-20/h20,22H,2-19H2,1H3. The molecule has 1 unspecified atom stereocenters. The van der Waals surface area contributed by atoms with Gasteiger partial charge in [-0.15, -0.1) is 0 Å². The van der Waals surface area contributed by atoms with Crippen molar-refractivity contribution in [2.24, 2.45) is 5.92 Å². The molecule has 0 saturated carbocycles. The number of nitrogens with one attached hydrogen (secondary N) is 1. The number of carbonyl (C=O) groups excluding carboxylic acids is 1. The summed E-state index contributed by atoms with van der Waals surface area (Å²) >= 11 is 0. The Kier molecular flexibility index (Phi) is 14.3. The summed E-state index contributed by atoms with van der Waals surface area (Å²) in [4.78, 5) is 12.1. The van der Waals surface area contributed by atoms with Gasteiger partial charge >= 0.3 is 5.97 Å². The minimum atomic E-state index is 0.0187. The zero-order valence-electron chi connectivity index (χ0n) is 16.1. The van der Waals surface area contributed by atoms with Crippen molar-refractivity contribution in [3.63, 3.8) is 0 Å². The van der Waals surface area contributed by atoms with Crippen LogP contribution in [0.15, 0.2) is 0 Å². The normalized spacial score (nSPS) is 24.3. The molecule has 3 nitrogen and oxygen atoms in total. The van der Waals surface area contributed by atoms with Gasteiger partial charge in [-0.25, -0.2) is 0 Å². The summed E-state index contributed by atoms with van der Waals surface area (Å²) in [7, 11) is 0. The number of rotatable bonds is 2. The summed E-state index contributed by atoms with van der Waals surface area (Å²) in [5.74, 6) is 0.115. The van der Waals surface area contributed by atoms with E-state index in [0.29, 0.717) is 6.61 Å². The summed E-state index contributed by atoms with van der Waals surface area (Å²) in [6.07, 6.45) is 19.5. The van der Waals surface area contributed by atoms with Crippen LogP contribution in [0, 0.1) is 5.92 Å². The van der Waals surface area contributed by atoms with Crippen molar-refractivity contribution in [3.8, 4) is 0 Å². The highest BCUT2D eigenvalue weighted by Gasteiger charge is 2.18. The summed E-state index contributed by atoms with van der Waals surface area (Å²) < 4.78 is 5.26. The fourth-order valence-corrected chi connectivity index (χ4v) is 3.63. The van der Waals surface area contributed by atoms with Gasteiger partial charge < -0.3 is 10.1 Å². The van der Waals surface area contributed by atoms with Gasteiger partial charge in [-0.3, -0.25) is 4.79 Å². The third-order valence-corrected chi connectivity index (χ3v) is 5.20. The Morgan fingerprint density at radius 3 is 1.79 bits per heavy atom. The van der Waals surface area contributed by atoms with Crippen LogP contribution in [0.2, 0.25) is 0 Å². The molecule has 0 radical (unpaired) electrons. The van der Waals surface area contributed by atoms with Crippen LogP contribution in [0.3, 0.4) is 0 Å². The molecule has 0 aromatic rings. The van der Waals surface area contributed by atoms with Gasteiger partial charge in [0.1, 0.15) is 0 Å². The monoisotopic (exact) mass is 339 g/mol. The molecule has 0 bridgehead atoms. The quantitative estimate of drug-likeness (QED) is 0.663. The predicted molar refractivity (Wildman–Crippen MR) is 102 cm³/mol. The SMILES string of the molecule is CCOC(=O)C1CCCCCCCCCCCCCCCNCC1. The minimum Gasteiger partial charge on any atom is -0.466 e.